The molecule has 0 aliphatic carbocycles. The highest BCUT2D eigenvalue weighted by molar-refractivity contribution is 5.95. The maximum Gasteiger partial charge on any atom is 0.241 e. The van der Waals surface area contributed by atoms with Crippen molar-refractivity contribution in [1.82, 2.24) is 14.8 Å². The lowest BCUT2D eigenvalue weighted by Crippen LogP contribution is -2.50. The van der Waals surface area contributed by atoms with E-state index in [1.54, 1.807) is 12.3 Å². The number of pyridine rings is 1. The lowest BCUT2D eigenvalue weighted by Gasteiger charge is -2.36. The van der Waals surface area contributed by atoms with Crippen molar-refractivity contribution in [2.45, 2.75) is 19.4 Å². The molecule has 2 aliphatic heterocycles. The molecular formula is C21H25FN4O. The number of carbonyl (C=O) groups excluding carboxylic acids is 1. The number of piperazine rings is 1. The van der Waals surface area contributed by atoms with E-state index in [1.165, 1.54) is 11.6 Å². The lowest BCUT2D eigenvalue weighted by atomic mass is 10.0. The van der Waals surface area contributed by atoms with Gasteiger partial charge in [-0.1, -0.05) is 18.2 Å². The van der Waals surface area contributed by atoms with Gasteiger partial charge in [0.1, 0.15) is 5.82 Å². The molecule has 3 heterocycles. The topological polar surface area (TPSA) is 39.7 Å². The Balaban J connectivity index is 1.31. The molecule has 2 aliphatic rings. The number of aromatic nitrogens is 1. The number of rotatable bonds is 4. The summed E-state index contributed by atoms with van der Waals surface area (Å²) >= 11 is 0. The highest BCUT2D eigenvalue weighted by Crippen LogP contribution is 2.26. The second-order valence-corrected chi connectivity index (χ2v) is 7.26. The molecule has 0 bridgehead atoms. The molecule has 0 radical (unpaired) electrons. The zero-order chi connectivity index (χ0) is 18.6. The SMILES string of the molecule is O=C(CN1CCN(Cc2ncccc2F)CC1)N1CCCc2ccccc21. The summed E-state index contributed by atoms with van der Waals surface area (Å²) in [6.07, 6.45) is 3.69. The van der Waals surface area contributed by atoms with Crippen LogP contribution < -0.4 is 4.90 Å². The number of aryl methyl sites for hydroxylation is 1. The van der Waals surface area contributed by atoms with E-state index in [0.717, 1.165) is 51.3 Å². The molecule has 0 unspecified atom stereocenters. The summed E-state index contributed by atoms with van der Waals surface area (Å²) in [6.45, 7) is 5.04. The molecule has 27 heavy (non-hydrogen) atoms. The summed E-state index contributed by atoms with van der Waals surface area (Å²) in [7, 11) is 0. The van der Waals surface area contributed by atoms with Crippen molar-refractivity contribution in [2.24, 2.45) is 0 Å². The third-order valence-corrected chi connectivity index (χ3v) is 5.44. The third kappa shape index (κ3) is 4.17. The number of halogens is 1. The molecule has 142 valence electrons. The van der Waals surface area contributed by atoms with E-state index in [2.05, 4.69) is 20.9 Å². The van der Waals surface area contributed by atoms with Crippen LogP contribution in [-0.4, -0.2) is 60.0 Å². The van der Waals surface area contributed by atoms with Crippen LogP contribution in [0.3, 0.4) is 0 Å². The standard InChI is InChI=1S/C21H25FN4O/c22-18-7-3-9-23-19(18)15-24-11-13-25(14-12-24)16-21(27)26-10-4-6-17-5-1-2-8-20(17)26/h1-3,5,7-9H,4,6,10-16H2. The van der Waals surface area contributed by atoms with Gasteiger partial charge in [0.15, 0.2) is 0 Å². The zero-order valence-corrected chi connectivity index (χ0v) is 15.5. The maximum atomic E-state index is 13.8. The predicted molar refractivity (Wildman–Crippen MR) is 103 cm³/mol. The second-order valence-electron chi connectivity index (χ2n) is 7.26. The first-order chi connectivity index (χ1) is 13.2. The van der Waals surface area contributed by atoms with Crippen LogP contribution in [0.1, 0.15) is 17.7 Å². The van der Waals surface area contributed by atoms with Gasteiger partial charge in [-0.2, -0.15) is 0 Å². The quantitative estimate of drug-likeness (QED) is 0.830. The third-order valence-electron chi connectivity index (χ3n) is 5.44. The van der Waals surface area contributed by atoms with Crippen LogP contribution in [0.2, 0.25) is 0 Å². The molecule has 1 amide bonds. The fraction of sp³-hybridized carbons (Fsp3) is 0.429. The summed E-state index contributed by atoms with van der Waals surface area (Å²) in [5, 5.41) is 0. The predicted octanol–water partition coefficient (Wildman–Crippen LogP) is 2.32. The van der Waals surface area contributed by atoms with Crippen LogP contribution in [-0.2, 0) is 17.8 Å². The van der Waals surface area contributed by atoms with Gasteiger partial charge in [-0.3, -0.25) is 19.6 Å². The van der Waals surface area contributed by atoms with Gasteiger partial charge in [-0.15, -0.1) is 0 Å². The summed E-state index contributed by atoms with van der Waals surface area (Å²) in [5.74, 6) is -0.0785. The minimum atomic E-state index is -0.251. The van der Waals surface area contributed by atoms with E-state index in [9.17, 15) is 9.18 Å². The van der Waals surface area contributed by atoms with Gasteiger partial charge in [0.2, 0.25) is 5.91 Å². The summed E-state index contributed by atoms with van der Waals surface area (Å²) in [4.78, 5) is 23.3. The Labute approximate surface area is 159 Å². The largest absolute Gasteiger partial charge is 0.311 e. The van der Waals surface area contributed by atoms with Gasteiger partial charge in [-0.25, -0.2) is 4.39 Å². The molecule has 2 aromatic rings. The molecule has 1 fully saturated rings. The number of hydrogen-bond donors (Lipinski definition) is 0. The summed E-state index contributed by atoms with van der Waals surface area (Å²) < 4.78 is 13.8. The average molecular weight is 368 g/mol. The first kappa shape index (κ1) is 18.1. The number of amides is 1. The summed E-state index contributed by atoms with van der Waals surface area (Å²) in [6, 6.07) is 11.3. The van der Waals surface area contributed by atoms with E-state index in [-0.39, 0.29) is 11.7 Å². The minimum absolute atomic E-state index is 0.173. The van der Waals surface area contributed by atoms with E-state index in [4.69, 9.17) is 0 Å². The van der Waals surface area contributed by atoms with Crippen molar-refractivity contribution in [3.8, 4) is 0 Å². The number of hydrogen-bond acceptors (Lipinski definition) is 4. The van der Waals surface area contributed by atoms with Crippen LogP contribution in [0.4, 0.5) is 10.1 Å². The van der Waals surface area contributed by atoms with Crippen LogP contribution in [0.15, 0.2) is 42.6 Å². The first-order valence-corrected chi connectivity index (χ1v) is 9.63. The van der Waals surface area contributed by atoms with Gasteiger partial charge in [0.25, 0.3) is 0 Å². The monoisotopic (exact) mass is 368 g/mol. The van der Waals surface area contributed by atoms with Crippen molar-refractivity contribution in [1.29, 1.82) is 0 Å². The smallest absolute Gasteiger partial charge is 0.241 e. The highest BCUT2D eigenvalue weighted by Gasteiger charge is 2.25. The molecule has 1 aromatic heterocycles. The minimum Gasteiger partial charge on any atom is -0.311 e. The number of fused-ring (bicyclic) bond motifs is 1. The lowest BCUT2D eigenvalue weighted by molar-refractivity contribution is -0.120. The Kier molecular flexibility index (Phi) is 5.45. The first-order valence-electron chi connectivity index (χ1n) is 9.63. The molecule has 0 saturated carbocycles. The van der Waals surface area contributed by atoms with E-state index < -0.39 is 0 Å². The number of nitrogens with zero attached hydrogens (tertiary/aromatic N) is 4. The van der Waals surface area contributed by atoms with Gasteiger partial charge in [-0.05, 0) is 36.6 Å². The van der Waals surface area contributed by atoms with Crippen LogP contribution in [0.25, 0.3) is 0 Å². The van der Waals surface area contributed by atoms with Crippen LogP contribution in [0, 0.1) is 5.82 Å². The fourth-order valence-corrected chi connectivity index (χ4v) is 3.92. The van der Waals surface area contributed by atoms with E-state index >= 15 is 0 Å². The average Bonchev–Trinajstić information content (AvgIpc) is 2.70. The second kappa shape index (κ2) is 8.15. The Morgan fingerprint density at radius 1 is 1.00 bits per heavy atom. The molecule has 1 saturated heterocycles. The molecule has 1 aromatic carbocycles. The zero-order valence-electron chi connectivity index (χ0n) is 15.5. The van der Waals surface area contributed by atoms with Crippen molar-refractivity contribution < 1.29 is 9.18 Å². The molecule has 0 atom stereocenters. The number of carbonyl (C=O) groups is 1. The van der Waals surface area contributed by atoms with Crippen molar-refractivity contribution >= 4 is 11.6 Å². The Bertz CT molecular complexity index is 804. The van der Waals surface area contributed by atoms with Gasteiger partial charge in [0, 0.05) is 51.2 Å². The normalized spacial score (nSPS) is 18.3. The van der Waals surface area contributed by atoms with Crippen molar-refractivity contribution in [2.75, 3.05) is 44.2 Å². The van der Waals surface area contributed by atoms with E-state index in [0.29, 0.717) is 18.8 Å². The number of anilines is 1. The Morgan fingerprint density at radius 2 is 1.78 bits per heavy atom. The molecule has 5 nitrogen and oxygen atoms in total. The van der Waals surface area contributed by atoms with Gasteiger partial charge < -0.3 is 4.90 Å². The number of benzene rings is 1. The van der Waals surface area contributed by atoms with Crippen molar-refractivity contribution in [3.63, 3.8) is 0 Å². The molecular weight excluding hydrogens is 343 g/mol. The molecule has 6 heteroatoms. The Morgan fingerprint density at radius 3 is 2.59 bits per heavy atom. The van der Waals surface area contributed by atoms with E-state index in [1.807, 2.05) is 23.1 Å². The summed E-state index contributed by atoms with van der Waals surface area (Å²) in [5.41, 5.74) is 2.82. The highest BCUT2D eigenvalue weighted by atomic mass is 19.1. The number of para-hydroxylation sites is 1. The molecule has 0 spiro atoms. The maximum absolute atomic E-state index is 13.8. The van der Waals surface area contributed by atoms with Gasteiger partial charge >= 0.3 is 0 Å². The molecule has 0 N–H and O–H groups in total. The van der Waals surface area contributed by atoms with Crippen LogP contribution in [0.5, 0.6) is 0 Å². The molecule has 4 rings (SSSR count). The Hall–Kier alpha value is -2.31. The van der Waals surface area contributed by atoms with Crippen molar-refractivity contribution in [3.05, 3.63) is 59.7 Å². The fourth-order valence-electron chi connectivity index (χ4n) is 3.92. The van der Waals surface area contributed by atoms with Crippen LogP contribution >= 0.6 is 0 Å². The van der Waals surface area contributed by atoms with Gasteiger partial charge in [0.05, 0.1) is 12.2 Å².